The van der Waals surface area contributed by atoms with Gasteiger partial charge < -0.3 is 4.72 Å². The van der Waals surface area contributed by atoms with E-state index in [1.165, 1.54) is 66.5 Å². The third-order valence-corrected chi connectivity index (χ3v) is 8.38. The highest BCUT2D eigenvalue weighted by molar-refractivity contribution is 7.05. The van der Waals surface area contributed by atoms with E-state index in [9.17, 15) is 0 Å². The predicted octanol–water partition coefficient (Wildman–Crippen LogP) is 6.26. The van der Waals surface area contributed by atoms with Crippen molar-refractivity contribution < 1.29 is 0 Å². The lowest BCUT2D eigenvalue weighted by Gasteiger charge is -2.42. The van der Waals surface area contributed by atoms with Gasteiger partial charge in [-0.05, 0) is 81.4 Å². The van der Waals surface area contributed by atoms with E-state index in [-0.39, 0.29) is 13.7 Å². The minimum Gasteiger partial charge on any atom is -0.445 e. The third-order valence-electron chi connectivity index (χ3n) is 8.38. The average Bonchev–Trinajstić information content (AvgIpc) is 2.92. The average molecular weight is 519 g/mol. The highest BCUT2D eigenvalue weighted by atomic mass is 15.0. The summed E-state index contributed by atoms with van der Waals surface area (Å²) in [5.74, 6) is 0. The molecule has 0 spiro atoms. The summed E-state index contributed by atoms with van der Waals surface area (Å²) in [5, 5.41) is 0. The lowest BCUT2D eigenvalue weighted by Crippen LogP contribution is -2.70. The smallest absolute Gasteiger partial charge is 0.311 e. The van der Waals surface area contributed by atoms with Crippen LogP contribution in [0.15, 0.2) is 109 Å². The molecule has 0 bridgehead atoms. The summed E-state index contributed by atoms with van der Waals surface area (Å²) in [5.41, 5.74) is 15.8. The number of hydrogen-bond acceptors (Lipinski definition) is 1. The number of anilines is 1. The van der Waals surface area contributed by atoms with Gasteiger partial charge in [-0.2, -0.15) is 0 Å². The van der Waals surface area contributed by atoms with Crippen molar-refractivity contribution in [2.45, 2.75) is 48.5 Å². The molecule has 0 amide bonds. The molecule has 0 atom stereocenters. The Morgan fingerprint density at radius 3 is 0.925 bits per heavy atom. The molecule has 198 valence electrons. The zero-order valence-electron chi connectivity index (χ0n) is 25.0. The summed E-state index contributed by atoms with van der Waals surface area (Å²) in [6.45, 7) is 15.8. The van der Waals surface area contributed by atoms with Crippen molar-refractivity contribution in [3.63, 3.8) is 0 Å². The topological polar surface area (TPSA) is 3.24 Å². The molecule has 0 N–H and O–H groups in total. The molecule has 5 aromatic rings. The maximum atomic E-state index is 2.74. The van der Waals surface area contributed by atoms with Gasteiger partial charge in [0.2, 0.25) is 0 Å². The summed E-state index contributed by atoms with van der Waals surface area (Å²) in [7, 11) is 0. The van der Waals surface area contributed by atoms with E-state index in [1.807, 2.05) is 0 Å². The van der Waals surface area contributed by atoms with Gasteiger partial charge in [0.15, 0.2) is 0 Å². The summed E-state index contributed by atoms with van der Waals surface area (Å²) < 4.78 is 2.74. The Morgan fingerprint density at radius 2 is 0.650 bits per heavy atom. The van der Waals surface area contributed by atoms with E-state index >= 15 is 0 Å². The lowest BCUT2D eigenvalue weighted by molar-refractivity contribution is 1.28. The van der Waals surface area contributed by atoms with E-state index in [4.69, 9.17) is 0 Å². The first-order valence-electron chi connectivity index (χ1n) is 14.4. The van der Waals surface area contributed by atoms with Crippen molar-refractivity contribution in [1.29, 1.82) is 0 Å². The maximum absolute atomic E-state index is 2.74. The number of hydrogen-bond donors (Lipinski definition) is 0. The zero-order valence-corrected chi connectivity index (χ0v) is 25.0. The Morgan fingerprint density at radius 1 is 0.375 bits per heavy atom. The molecule has 5 rings (SSSR count). The molecular formula is C37H39B2N. The molecule has 0 saturated heterocycles. The molecule has 0 saturated carbocycles. The van der Waals surface area contributed by atoms with Crippen molar-refractivity contribution >= 4 is 41.2 Å². The van der Waals surface area contributed by atoms with E-state index in [0.29, 0.717) is 0 Å². The molecule has 5 aromatic carbocycles. The minimum absolute atomic E-state index is 0.00622. The van der Waals surface area contributed by atoms with E-state index in [2.05, 4.69) is 162 Å². The van der Waals surface area contributed by atoms with Crippen molar-refractivity contribution in [3.8, 4) is 0 Å². The first kappa shape index (κ1) is 27.6. The minimum atomic E-state index is 0.00622. The molecule has 0 unspecified atom stereocenters. The predicted molar refractivity (Wildman–Crippen MR) is 178 cm³/mol. The second-order valence-electron chi connectivity index (χ2n) is 11.4. The second-order valence-corrected chi connectivity index (χ2v) is 11.4. The first-order valence-corrected chi connectivity index (χ1v) is 14.4. The quantitative estimate of drug-likeness (QED) is 0.230. The van der Waals surface area contributed by atoms with Crippen LogP contribution in [0.5, 0.6) is 0 Å². The Kier molecular flexibility index (Phi) is 8.03. The van der Waals surface area contributed by atoms with Crippen LogP contribution in [-0.4, -0.2) is 13.7 Å². The first-order chi connectivity index (χ1) is 19.3. The van der Waals surface area contributed by atoms with Crippen LogP contribution >= 0.6 is 0 Å². The normalized spacial score (nSPS) is 10.9. The fraction of sp³-hybridized carbons (Fsp3) is 0.189. The van der Waals surface area contributed by atoms with Crippen molar-refractivity contribution in [2.24, 2.45) is 0 Å². The number of aryl methyl sites for hydroxylation is 7. The van der Waals surface area contributed by atoms with Crippen LogP contribution < -0.4 is 26.6 Å². The molecule has 0 heterocycles. The van der Waals surface area contributed by atoms with E-state index in [1.54, 1.807) is 0 Å². The van der Waals surface area contributed by atoms with Gasteiger partial charge in [0, 0.05) is 5.69 Å². The third kappa shape index (κ3) is 5.26. The molecule has 40 heavy (non-hydrogen) atoms. The molecule has 0 aromatic heterocycles. The van der Waals surface area contributed by atoms with Crippen LogP contribution in [0.2, 0.25) is 0 Å². The molecule has 0 aliphatic rings. The maximum Gasteiger partial charge on any atom is 0.311 e. The van der Waals surface area contributed by atoms with Crippen LogP contribution in [0, 0.1) is 48.5 Å². The Hall–Kier alpha value is -3.97. The van der Waals surface area contributed by atoms with Gasteiger partial charge in [0.05, 0.1) is 0 Å². The van der Waals surface area contributed by atoms with Crippen LogP contribution in [0.1, 0.15) is 38.9 Å². The number of benzene rings is 5. The molecule has 3 heteroatoms. The Balaban J connectivity index is 1.96. The van der Waals surface area contributed by atoms with Crippen molar-refractivity contribution in [1.82, 2.24) is 0 Å². The van der Waals surface area contributed by atoms with Crippen LogP contribution in [0.25, 0.3) is 0 Å². The van der Waals surface area contributed by atoms with Gasteiger partial charge in [0.25, 0.3) is 0 Å². The second kappa shape index (κ2) is 11.6. The fourth-order valence-electron chi connectivity index (χ4n) is 6.50. The van der Waals surface area contributed by atoms with E-state index < -0.39 is 0 Å². The van der Waals surface area contributed by atoms with Gasteiger partial charge in [0.1, 0.15) is 0 Å². The van der Waals surface area contributed by atoms with Gasteiger partial charge in [-0.1, -0.05) is 137 Å². The molecule has 0 aliphatic heterocycles. The van der Waals surface area contributed by atoms with Gasteiger partial charge in [-0.15, -0.1) is 0 Å². The summed E-state index contributed by atoms with van der Waals surface area (Å²) >= 11 is 0. The Bertz CT molecular complexity index is 1450. The summed E-state index contributed by atoms with van der Waals surface area (Å²) in [4.78, 5) is 0. The monoisotopic (exact) mass is 519 g/mol. The van der Waals surface area contributed by atoms with Gasteiger partial charge in [-0.25, -0.2) is 0 Å². The highest BCUT2D eigenvalue weighted by Gasteiger charge is 2.41. The van der Waals surface area contributed by atoms with Crippen molar-refractivity contribution in [3.05, 3.63) is 148 Å². The van der Waals surface area contributed by atoms with Crippen LogP contribution in [0.4, 0.5) is 5.69 Å². The van der Waals surface area contributed by atoms with Gasteiger partial charge in [-0.3, -0.25) is 0 Å². The Labute approximate surface area is 242 Å². The standard InChI is InChI=1S/C37H39B2N/c1-26-24-31(6)37(32(7)25-26)40(38(33-20-12-8-16-27(33)2)34-21-13-9-17-28(34)3)39(35-22-14-10-18-29(35)4)36-23-15-11-19-30(36)5/h8-25H,1-7H3. The highest BCUT2D eigenvalue weighted by Crippen LogP contribution is 2.29. The number of rotatable bonds is 7. The molecule has 1 nitrogen and oxygen atoms in total. The van der Waals surface area contributed by atoms with Crippen LogP contribution in [-0.2, 0) is 0 Å². The van der Waals surface area contributed by atoms with Crippen molar-refractivity contribution in [2.75, 3.05) is 4.72 Å². The van der Waals surface area contributed by atoms with Gasteiger partial charge >= 0.3 is 13.7 Å². The SMILES string of the molecule is Cc1cc(C)c(N(B(c2ccccc2C)c2ccccc2C)B(c2ccccc2C)c2ccccc2C)c(C)c1. The molecular weight excluding hydrogens is 480 g/mol. The summed E-state index contributed by atoms with van der Waals surface area (Å²) in [6.07, 6.45) is 0. The molecule has 0 aliphatic carbocycles. The number of nitrogens with zero attached hydrogens (tertiary/aromatic N) is 1. The fourth-order valence-corrected chi connectivity index (χ4v) is 6.50. The van der Waals surface area contributed by atoms with Crippen LogP contribution in [0.3, 0.4) is 0 Å². The molecule has 0 fully saturated rings. The molecule has 0 radical (unpaired) electrons. The van der Waals surface area contributed by atoms with E-state index in [0.717, 1.165) is 0 Å². The summed E-state index contributed by atoms with van der Waals surface area (Å²) in [6, 6.07) is 40.4. The largest absolute Gasteiger partial charge is 0.445 e. The lowest BCUT2D eigenvalue weighted by atomic mass is 9.35. The zero-order chi connectivity index (χ0) is 28.4.